The fraction of sp³-hybridized carbons (Fsp3) is 0.200. The molecule has 0 amide bonds. The Balaban J connectivity index is 2.78. The predicted molar refractivity (Wildman–Crippen MR) is 52.2 cm³/mol. The molecule has 84 valence electrons. The number of nitrogens with zero attached hydrogens (tertiary/aromatic N) is 2. The first-order chi connectivity index (χ1) is 7.44. The third kappa shape index (κ3) is 1.34. The van der Waals surface area contributed by atoms with Gasteiger partial charge < -0.3 is 5.11 Å². The molecule has 1 aromatic carbocycles. The van der Waals surface area contributed by atoms with Gasteiger partial charge in [0.15, 0.2) is 0 Å². The van der Waals surface area contributed by atoms with Gasteiger partial charge in [0.05, 0.1) is 5.52 Å². The quantitative estimate of drug-likeness (QED) is 0.848. The van der Waals surface area contributed by atoms with Crippen LogP contribution in [0.4, 0.5) is 8.78 Å². The van der Waals surface area contributed by atoms with Crippen LogP contribution >= 0.6 is 0 Å². The first-order valence-electron chi connectivity index (χ1n) is 4.48. The highest BCUT2D eigenvalue weighted by Gasteiger charge is 2.45. The highest BCUT2D eigenvalue weighted by molar-refractivity contribution is 5.88. The minimum Gasteiger partial charge on any atom is -0.476 e. The standard InChI is InChI=1S/C10H8F2N2O2/c1-14-8(10(11,12)9(15)16)6-4-2-3-5-7(6)13-14/h2-5H,1H3,(H,15,16). The molecule has 0 radical (unpaired) electrons. The number of carboxylic acid groups (broad SMARTS) is 1. The number of carbonyl (C=O) groups is 1. The van der Waals surface area contributed by atoms with Crippen LogP contribution < -0.4 is 0 Å². The number of halogens is 2. The van der Waals surface area contributed by atoms with E-state index in [1.807, 2.05) is 0 Å². The molecule has 1 aromatic heterocycles. The van der Waals surface area contributed by atoms with Crippen molar-refractivity contribution in [2.75, 3.05) is 0 Å². The van der Waals surface area contributed by atoms with Crippen molar-refractivity contribution in [2.45, 2.75) is 5.92 Å². The Hall–Kier alpha value is -1.98. The summed E-state index contributed by atoms with van der Waals surface area (Å²) in [5.74, 6) is -6.12. The van der Waals surface area contributed by atoms with E-state index in [9.17, 15) is 13.6 Å². The van der Waals surface area contributed by atoms with Gasteiger partial charge in [-0.25, -0.2) is 4.79 Å². The Bertz CT molecular complexity index is 563. The lowest BCUT2D eigenvalue weighted by molar-refractivity contribution is -0.167. The van der Waals surface area contributed by atoms with E-state index in [0.717, 1.165) is 4.68 Å². The maximum absolute atomic E-state index is 13.4. The monoisotopic (exact) mass is 226 g/mol. The maximum Gasteiger partial charge on any atom is 0.384 e. The lowest BCUT2D eigenvalue weighted by Crippen LogP contribution is -2.28. The Morgan fingerprint density at radius 2 is 2.06 bits per heavy atom. The fourth-order valence-electron chi connectivity index (χ4n) is 1.62. The van der Waals surface area contributed by atoms with E-state index in [1.54, 1.807) is 18.2 Å². The van der Waals surface area contributed by atoms with Crippen LogP contribution in [0.1, 0.15) is 5.69 Å². The van der Waals surface area contributed by atoms with Gasteiger partial charge in [0.2, 0.25) is 0 Å². The molecule has 0 saturated heterocycles. The first-order valence-corrected chi connectivity index (χ1v) is 4.48. The molecule has 0 fully saturated rings. The second-order valence-corrected chi connectivity index (χ2v) is 3.37. The largest absolute Gasteiger partial charge is 0.476 e. The molecule has 0 aliphatic heterocycles. The molecule has 0 unspecified atom stereocenters. The van der Waals surface area contributed by atoms with Crippen LogP contribution in [0.3, 0.4) is 0 Å². The lowest BCUT2D eigenvalue weighted by Gasteiger charge is -2.11. The zero-order valence-corrected chi connectivity index (χ0v) is 8.32. The fourth-order valence-corrected chi connectivity index (χ4v) is 1.62. The van der Waals surface area contributed by atoms with Crippen molar-refractivity contribution < 1.29 is 18.7 Å². The molecule has 1 N–H and O–H groups in total. The van der Waals surface area contributed by atoms with Gasteiger partial charge in [-0.1, -0.05) is 18.2 Å². The average Bonchev–Trinajstić information content (AvgIpc) is 2.53. The zero-order chi connectivity index (χ0) is 11.9. The number of aryl methyl sites for hydroxylation is 1. The second kappa shape index (κ2) is 3.26. The van der Waals surface area contributed by atoms with Gasteiger partial charge in [0.25, 0.3) is 0 Å². The molecule has 0 atom stereocenters. The minimum atomic E-state index is -3.94. The predicted octanol–water partition coefficient (Wildman–Crippen LogP) is 1.75. The van der Waals surface area contributed by atoms with Crippen LogP contribution in [-0.2, 0) is 17.8 Å². The number of hydrogen-bond donors (Lipinski definition) is 1. The third-order valence-electron chi connectivity index (χ3n) is 2.31. The summed E-state index contributed by atoms with van der Waals surface area (Å²) in [6.45, 7) is 0. The minimum absolute atomic E-state index is 0.150. The molecule has 6 heteroatoms. The topological polar surface area (TPSA) is 55.1 Å². The highest BCUT2D eigenvalue weighted by Crippen LogP contribution is 2.33. The summed E-state index contributed by atoms with van der Waals surface area (Å²) in [5, 5.41) is 12.5. The van der Waals surface area contributed by atoms with Crippen LogP contribution in [0.15, 0.2) is 24.3 Å². The number of benzene rings is 1. The molecule has 2 rings (SSSR count). The van der Waals surface area contributed by atoms with Crippen LogP contribution in [-0.4, -0.2) is 20.9 Å². The van der Waals surface area contributed by atoms with Gasteiger partial charge in [-0.05, 0) is 6.07 Å². The summed E-state index contributed by atoms with van der Waals surface area (Å²) in [4.78, 5) is 10.5. The highest BCUT2D eigenvalue weighted by atomic mass is 19.3. The molecule has 0 bridgehead atoms. The van der Waals surface area contributed by atoms with Crippen LogP contribution in [0.5, 0.6) is 0 Å². The van der Waals surface area contributed by atoms with Gasteiger partial charge in [-0.3, -0.25) is 4.68 Å². The van der Waals surface area contributed by atoms with E-state index in [2.05, 4.69) is 5.10 Å². The smallest absolute Gasteiger partial charge is 0.384 e. The molecule has 16 heavy (non-hydrogen) atoms. The van der Waals surface area contributed by atoms with Crippen molar-refractivity contribution in [1.82, 2.24) is 9.78 Å². The summed E-state index contributed by atoms with van der Waals surface area (Å²) < 4.78 is 27.8. The van der Waals surface area contributed by atoms with Crippen molar-refractivity contribution >= 4 is 16.9 Å². The lowest BCUT2D eigenvalue weighted by atomic mass is 10.1. The van der Waals surface area contributed by atoms with Crippen LogP contribution in [0.25, 0.3) is 10.9 Å². The number of alkyl halides is 2. The Morgan fingerprint density at radius 1 is 1.44 bits per heavy atom. The van der Waals surface area contributed by atoms with E-state index >= 15 is 0 Å². The Kier molecular flexibility index (Phi) is 2.15. The average molecular weight is 226 g/mol. The normalized spacial score (nSPS) is 11.9. The van der Waals surface area contributed by atoms with Gasteiger partial charge in [0.1, 0.15) is 5.69 Å². The first kappa shape index (κ1) is 10.5. The number of rotatable bonds is 2. The summed E-state index contributed by atoms with van der Waals surface area (Å²) in [6.07, 6.45) is 0. The van der Waals surface area contributed by atoms with Gasteiger partial charge in [0, 0.05) is 12.4 Å². The summed E-state index contributed by atoms with van der Waals surface area (Å²) in [6, 6.07) is 6.19. The summed E-state index contributed by atoms with van der Waals surface area (Å²) in [7, 11) is 1.30. The van der Waals surface area contributed by atoms with Crippen molar-refractivity contribution in [3.8, 4) is 0 Å². The summed E-state index contributed by atoms with van der Waals surface area (Å²) >= 11 is 0. The molecule has 0 aliphatic carbocycles. The number of aliphatic carboxylic acids is 1. The Labute approximate surface area is 89.1 Å². The van der Waals surface area contributed by atoms with Crippen molar-refractivity contribution in [2.24, 2.45) is 7.05 Å². The van der Waals surface area contributed by atoms with Crippen LogP contribution in [0.2, 0.25) is 0 Å². The van der Waals surface area contributed by atoms with Crippen molar-refractivity contribution in [3.05, 3.63) is 30.0 Å². The van der Waals surface area contributed by atoms with E-state index in [4.69, 9.17) is 5.11 Å². The number of fused-ring (bicyclic) bond motifs is 1. The zero-order valence-electron chi connectivity index (χ0n) is 8.32. The number of carboxylic acids is 1. The summed E-state index contributed by atoms with van der Waals surface area (Å²) in [5.41, 5.74) is -0.253. The molecular weight excluding hydrogens is 218 g/mol. The SMILES string of the molecule is Cn1nc2ccccc2c1C(F)(F)C(=O)O. The molecule has 0 spiro atoms. The third-order valence-corrected chi connectivity index (χ3v) is 2.31. The van der Waals surface area contributed by atoms with Crippen molar-refractivity contribution in [1.29, 1.82) is 0 Å². The molecular formula is C10H8F2N2O2. The Morgan fingerprint density at radius 3 is 2.69 bits per heavy atom. The molecule has 2 aromatic rings. The second-order valence-electron chi connectivity index (χ2n) is 3.37. The molecule has 4 nitrogen and oxygen atoms in total. The molecule has 0 saturated carbocycles. The van der Waals surface area contributed by atoms with Gasteiger partial charge in [-0.2, -0.15) is 13.9 Å². The molecule has 1 heterocycles. The number of hydrogen-bond acceptors (Lipinski definition) is 2. The van der Waals surface area contributed by atoms with Crippen LogP contribution in [0, 0.1) is 0 Å². The van der Waals surface area contributed by atoms with E-state index < -0.39 is 17.6 Å². The van der Waals surface area contributed by atoms with Gasteiger partial charge in [-0.15, -0.1) is 0 Å². The number of aromatic nitrogens is 2. The maximum atomic E-state index is 13.4. The van der Waals surface area contributed by atoms with Crippen molar-refractivity contribution in [3.63, 3.8) is 0 Å². The van der Waals surface area contributed by atoms with E-state index in [0.29, 0.717) is 5.52 Å². The molecule has 0 aliphatic rings. The van der Waals surface area contributed by atoms with E-state index in [-0.39, 0.29) is 5.39 Å². The van der Waals surface area contributed by atoms with Gasteiger partial charge >= 0.3 is 11.9 Å². The van der Waals surface area contributed by atoms with E-state index in [1.165, 1.54) is 13.1 Å².